The predicted molar refractivity (Wildman–Crippen MR) is 122 cm³/mol. The van der Waals surface area contributed by atoms with E-state index in [2.05, 4.69) is 15.6 Å². The summed E-state index contributed by atoms with van der Waals surface area (Å²) in [5.41, 5.74) is 1.93. The van der Waals surface area contributed by atoms with Crippen molar-refractivity contribution in [1.29, 1.82) is 0 Å². The number of rotatable bonds is 7. The maximum absolute atomic E-state index is 11.8. The Bertz CT molecular complexity index is 882. The van der Waals surface area contributed by atoms with E-state index in [1.165, 1.54) is 17.0 Å². The van der Waals surface area contributed by atoms with Gasteiger partial charge in [-0.3, -0.25) is 4.79 Å². The summed E-state index contributed by atoms with van der Waals surface area (Å²) in [5, 5.41) is 15.2. The molecule has 1 amide bonds. The molecule has 0 aliphatic carbocycles. The van der Waals surface area contributed by atoms with Crippen molar-refractivity contribution in [2.24, 2.45) is 10.1 Å². The number of likely N-dealkylation sites (N-methyl/N-ethyl adjacent to an activating group) is 1. The summed E-state index contributed by atoms with van der Waals surface area (Å²) in [6, 6.07) is 8.25. The molecule has 0 spiro atoms. The van der Waals surface area contributed by atoms with Gasteiger partial charge in [-0.05, 0) is 40.1 Å². The molecule has 0 saturated carbocycles. The molecule has 0 bridgehead atoms. The van der Waals surface area contributed by atoms with Crippen molar-refractivity contribution in [1.82, 2.24) is 15.5 Å². The van der Waals surface area contributed by atoms with E-state index < -0.39 is 10.0 Å². The van der Waals surface area contributed by atoms with Crippen LogP contribution >= 0.6 is 35.3 Å². The Hall–Kier alpha value is -1.70. The molecule has 0 atom stereocenters. The van der Waals surface area contributed by atoms with Crippen molar-refractivity contribution in [3.8, 4) is 0 Å². The van der Waals surface area contributed by atoms with Gasteiger partial charge in [0.05, 0.1) is 18.0 Å². The number of nitrogens with zero attached hydrogens (tertiary/aromatic N) is 2. The highest BCUT2D eigenvalue weighted by Gasteiger charge is 2.08. The van der Waals surface area contributed by atoms with E-state index in [1.54, 1.807) is 37.6 Å². The smallest absolute Gasteiger partial charge is 0.241 e. The molecule has 0 aliphatic heterocycles. The van der Waals surface area contributed by atoms with E-state index in [4.69, 9.17) is 5.14 Å². The number of sulfonamides is 1. The lowest BCUT2D eigenvalue weighted by Crippen LogP contribution is -2.42. The van der Waals surface area contributed by atoms with Gasteiger partial charge in [0.1, 0.15) is 0 Å². The molecular weight excluding hydrogens is 513 g/mol. The first kappa shape index (κ1) is 24.3. The second-order valence-electron chi connectivity index (χ2n) is 5.98. The van der Waals surface area contributed by atoms with Crippen molar-refractivity contribution in [3.05, 3.63) is 52.2 Å². The highest BCUT2D eigenvalue weighted by Crippen LogP contribution is 2.09. The molecule has 8 nitrogen and oxygen atoms in total. The van der Waals surface area contributed by atoms with Gasteiger partial charge in [0, 0.05) is 20.6 Å². The zero-order valence-electron chi connectivity index (χ0n) is 15.6. The van der Waals surface area contributed by atoms with E-state index in [-0.39, 0.29) is 41.3 Å². The maximum atomic E-state index is 11.8. The second-order valence-corrected chi connectivity index (χ2v) is 8.32. The van der Waals surface area contributed by atoms with E-state index in [0.29, 0.717) is 19.0 Å². The average molecular weight is 537 g/mol. The number of carbonyl (C=O) groups excluding carboxylic acids is 1. The minimum absolute atomic E-state index is 0. The minimum atomic E-state index is -3.71. The van der Waals surface area contributed by atoms with Crippen LogP contribution in [0.5, 0.6) is 0 Å². The number of hydrogen-bond acceptors (Lipinski definition) is 5. The number of thiophene rings is 1. The SMILES string of the molecule is CN(C)C(=O)CNC(=NCc1ccsc1)NCc1ccc(S(N)(=O)=O)cc1.I. The summed E-state index contributed by atoms with van der Waals surface area (Å²) >= 11 is 1.60. The molecule has 28 heavy (non-hydrogen) atoms. The van der Waals surface area contributed by atoms with E-state index in [9.17, 15) is 13.2 Å². The topological polar surface area (TPSA) is 117 Å². The zero-order chi connectivity index (χ0) is 19.9. The number of hydrogen-bond donors (Lipinski definition) is 3. The highest BCUT2D eigenvalue weighted by atomic mass is 127. The van der Waals surface area contributed by atoms with Gasteiger partial charge >= 0.3 is 0 Å². The average Bonchev–Trinajstić information content (AvgIpc) is 3.13. The van der Waals surface area contributed by atoms with Crippen LogP contribution in [-0.4, -0.2) is 45.8 Å². The number of benzene rings is 1. The summed E-state index contributed by atoms with van der Waals surface area (Å²) in [5.74, 6) is 0.421. The van der Waals surface area contributed by atoms with Crippen LogP contribution in [0.4, 0.5) is 0 Å². The lowest BCUT2D eigenvalue weighted by molar-refractivity contribution is -0.127. The molecule has 0 aliphatic rings. The van der Waals surface area contributed by atoms with E-state index >= 15 is 0 Å². The van der Waals surface area contributed by atoms with E-state index in [0.717, 1.165) is 11.1 Å². The lowest BCUT2D eigenvalue weighted by Gasteiger charge is -2.15. The van der Waals surface area contributed by atoms with Gasteiger partial charge in [-0.15, -0.1) is 24.0 Å². The zero-order valence-corrected chi connectivity index (χ0v) is 19.5. The number of guanidine groups is 1. The lowest BCUT2D eigenvalue weighted by atomic mass is 10.2. The fourth-order valence-corrected chi connectivity index (χ4v) is 3.20. The third-order valence-corrected chi connectivity index (χ3v) is 5.28. The molecule has 1 heterocycles. The summed E-state index contributed by atoms with van der Waals surface area (Å²) in [7, 11) is -0.334. The number of nitrogens with one attached hydrogen (secondary N) is 2. The number of aliphatic imine (C=N–C) groups is 1. The van der Waals surface area contributed by atoms with Crippen LogP contribution in [0, 0.1) is 0 Å². The molecule has 1 aromatic carbocycles. The Balaban J connectivity index is 0.00000392. The van der Waals surface area contributed by atoms with Gasteiger partial charge in [0.2, 0.25) is 15.9 Å². The molecule has 0 unspecified atom stereocenters. The van der Waals surface area contributed by atoms with Crippen molar-refractivity contribution in [3.63, 3.8) is 0 Å². The summed E-state index contributed by atoms with van der Waals surface area (Å²) in [6.07, 6.45) is 0. The first-order valence-corrected chi connectivity index (χ1v) is 10.6. The van der Waals surface area contributed by atoms with Gasteiger partial charge in [-0.1, -0.05) is 12.1 Å². The Morgan fingerprint density at radius 2 is 1.82 bits per heavy atom. The quantitative estimate of drug-likeness (QED) is 0.280. The largest absolute Gasteiger partial charge is 0.352 e. The molecule has 0 radical (unpaired) electrons. The molecule has 154 valence electrons. The third kappa shape index (κ3) is 8.12. The van der Waals surface area contributed by atoms with Crippen LogP contribution in [0.25, 0.3) is 0 Å². The van der Waals surface area contributed by atoms with Gasteiger partial charge in [-0.25, -0.2) is 18.5 Å². The Morgan fingerprint density at radius 1 is 1.14 bits per heavy atom. The summed E-state index contributed by atoms with van der Waals surface area (Å²) in [4.78, 5) is 17.8. The molecule has 0 fully saturated rings. The number of nitrogens with two attached hydrogens (primary N) is 1. The Kier molecular flexibility index (Phi) is 9.85. The minimum Gasteiger partial charge on any atom is -0.352 e. The molecule has 11 heteroatoms. The van der Waals surface area contributed by atoms with Crippen molar-refractivity contribution in [2.75, 3.05) is 20.6 Å². The first-order chi connectivity index (χ1) is 12.8. The third-order valence-electron chi connectivity index (χ3n) is 3.62. The monoisotopic (exact) mass is 537 g/mol. The van der Waals surface area contributed by atoms with Gasteiger partial charge in [-0.2, -0.15) is 11.3 Å². The van der Waals surface area contributed by atoms with Crippen LogP contribution in [0.1, 0.15) is 11.1 Å². The first-order valence-electron chi connectivity index (χ1n) is 8.11. The summed E-state index contributed by atoms with van der Waals surface area (Å²) in [6.45, 7) is 1.02. The molecule has 1 aromatic heterocycles. The summed E-state index contributed by atoms with van der Waals surface area (Å²) < 4.78 is 22.6. The highest BCUT2D eigenvalue weighted by molar-refractivity contribution is 14.0. The number of primary sulfonamides is 1. The van der Waals surface area contributed by atoms with Crippen LogP contribution in [-0.2, 0) is 27.9 Å². The van der Waals surface area contributed by atoms with Crippen molar-refractivity contribution in [2.45, 2.75) is 18.0 Å². The van der Waals surface area contributed by atoms with Crippen molar-refractivity contribution >= 4 is 57.2 Å². The molecule has 2 aromatic rings. The van der Waals surface area contributed by atoms with Crippen LogP contribution in [0.2, 0.25) is 0 Å². The number of halogens is 1. The van der Waals surface area contributed by atoms with Crippen LogP contribution < -0.4 is 15.8 Å². The normalized spacial score (nSPS) is 11.5. The van der Waals surface area contributed by atoms with Crippen molar-refractivity contribution < 1.29 is 13.2 Å². The van der Waals surface area contributed by atoms with Crippen LogP contribution in [0.3, 0.4) is 0 Å². The second kappa shape index (κ2) is 11.3. The molecule has 2 rings (SSSR count). The standard InChI is InChI=1S/C17H23N5O3S2.HI/c1-22(2)16(23)11-21-17(20-10-14-7-8-26-12-14)19-9-13-3-5-15(6-4-13)27(18,24)25;/h3-8,12H,9-11H2,1-2H3,(H2,18,24,25)(H2,19,20,21);1H. The van der Waals surface area contributed by atoms with E-state index in [1.807, 2.05) is 16.8 Å². The molecular formula is C17H24IN5O3S2. The molecule has 0 saturated heterocycles. The van der Waals surface area contributed by atoms with Gasteiger partial charge in [0.25, 0.3) is 0 Å². The van der Waals surface area contributed by atoms with Gasteiger partial charge < -0.3 is 15.5 Å². The maximum Gasteiger partial charge on any atom is 0.241 e. The van der Waals surface area contributed by atoms with Gasteiger partial charge in [0.15, 0.2) is 5.96 Å². The number of carbonyl (C=O) groups is 1. The van der Waals surface area contributed by atoms with Crippen LogP contribution in [0.15, 0.2) is 51.0 Å². The number of amides is 1. The Labute approximate surface area is 186 Å². The fraction of sp³-hybridized carbons (Fsp3) is 0.294. The Morgan fingerprint density at radius 3 is 2.36 bits per heavy atom. The fourth-order valence-electron chi connectivity index (χ4n) is 2.03. The molecule has 4 N–H and O–H groups in total. The predicted octanol–water partition coefficient (Wildman–Crippen LogP) is 1.34.